The number of carbonyl (C=O) groups is 1. The molecule has 0 saturated carbocycles. The molecule has 0 amide bonds. The van der Waals surface area contributed by atoms with Crippen LogP contribution in [0.1, 0.15) is 40.2 Å². The molecule has 3 aromatic rings. The fraction of sp³-hybridized carbons (Fsp3) is 0.294. The summed E-state index contributed by atoms with van der Waals surface area (Å²) in [6.45, 7) is 6.69. The molecule has 0 radical (unpaired) electrons. The van der Waals surface area contributed by atoms with Crippen LogP contribution in [0.2, 0.25) is 0 Å². The van der Waals surface area contributed by atoms with Gasteiger partial charge in [-0.3, -0.25) is 0 Å². The molecule has 5 heteroatoms. The van der Waals surface area contributed by atoms with E-state index in [0.29, 0.717) is 12.3 Å². The molecule has 1 aromatic carbocycles. The first-order chi connectivity index (χ1) is 10.5. The number of imidazole rings is 1. The van der Waals surface area contributed by atoms with Crippen molar-refractivity contribution in [1.82, 2.24) is 9.55 Å². The topological polar surface area (TPSA) is 68.3 Å². The standard InChI is InChI=1S/C17H18N2O3/c1-4-16-18-13-7-10(2)11(3)8-14(13)19(16)9-12-5-6-15(22-12)17(20)21/h5-8H,4,9H2,1-3H3,(H,20,21). The van der Waals surface area contributed by atoms with Gasteiger partial charge >= 0.3 is 5.97 Å². The van der Waals surface area contributed by atoms with Gasteiger partial charge in [0.05, 0.1) is 17.6 Å². The zero-order chi connectivity index (χ0) is 15.9. The average molecular weight is 298 g/mol. The SMILES string of the molecule is CCc1nc2cc(C)c(C)cc2n1Cc1ccc(C(=O)O)o1. The number of benzene rings is 1. The first kappa shape index (κ1) is 14.4. The Morgan fingerprint density at radius 1 is 1.27 bits per heavy atom. The monoisotopic (exact) mass is 298 g/mol. The maximum atomic E-state index is 10.9. The highest BCUT2D eigenvalue weighted by Gasteiger charge is 2.14. The van der Waals surface area contributed by atoms with Crippen LogP contribution in [0.5, 0.6) is 0 Å². The second-order valence-electron chi connectivity index (χ2n) is 5.46. The van der Waals surface area contributed by atoms with Crippen molar-refractivity contribution in [3.05, 3.63) is 52.7 Å². The summed E-state index contributed by atoms with van der Waals surface area (Å²) in [5.74, 6) is 0.492. The van der Waals surface area contributed by atoms with Gasteiger partial charge < -0.3 is 14.1 Å². The van der Waals surface area contributed by atoms with Crippen molar-refractivity contribution in [1.29, 1.82) is 0 Å². The van der Waals surface area contributed by atoms with Gasteiger partial charge in [0.2, 0.25) is 5.76 Å². The molecule has 2 aromatic heterocycles. The molecule has 3 rings (SSSR count). The van der Waals surface area contributed by atoms with E-state index < -0.39 is 5.97 Å². The minimum atomic E-state index is -1.05. The van der Waals surface area contributed by atoms with E-state index in [9.17, 15) is 4.79 Å². The summed E-state index contributed by atoms with van der Waals surface area (Å²) in [4.78, 5) is 15.6. The molecule has 0 atom stereocenters. The Morgan fingerprint density at radius 3 is 2.64 bits per heavy atom. The summed E-state index contributed by atoms with van der Waals surface area (Å²) in [7, 11) is 0. The minimum Gasteiger partial charge on any atom is -0.475 e. The zero-order valence-corrected chi connectivity index (χ0v) is 12.9. The van der Waals surface area contributed by atoms with Gasteiger partial charge in [-0.1, -0.05) is 6.92 Å². The lowest BCUT2D eigenvalue weighted by atomic mass is 10.1. The van der Waals surface area contributed by atoms with E-state index in [2.05, 4.69) is 42.5 Å². The van der Waals surface area contributed by atoms with Crippen molar-refractivity contribution in [2.24, 2.45) is 0 Å². The molecule has 0 fully saturated rings. The van der Waals surface area contributed by atoms with E-state index in [1.165, 1.54) is 17.2 Å². The number of hydrogen-bond acceptors (Lipinski definition) is 3. The van der Waals surface area contributed by atoms with Gasteiger partial charge in [0, 0.05) is 6.42 Å². The third-order valence-electron chi connectivity index (χ3n) is 3.95. The van der Waals surface area contributed by atoms with Gasteiger partial charge in [-0.15, -0.1) is 0 Å². The minimum absolute atomic E-state index is 0.0375. The lowest BCUT2D eigenvalue weighted by Gasteiger charge is -2.07. The van der Waals surface area contributed by atoms with Crippen molar-refractivity contribution < 1.29 is 14.3 Å². The number of fused-ring (bicyclic) bond motifs is 1. The Kier molecular flexibility index (Phi) is 3.48. The predicted octanol–water partition coefficient (Wildman–Crippen LogP) is 3.56. The Labute approximate surface area is 128 Å². The quantitative estimate of drug-likeness (QED) is 0.799. The van der Waals surface area contributed by atoms with E-state index in [1.807, 2.05) is 0 Å². The second-order valence-corrected chi connectivity index (χ2v) is 5.46. The maximum absolute atomic E-state index is 10.9. The molecule has 0 unspecified atom stereocenters. The number of carboxylic acid groups (broad SMARTS) is 1. The van der Waals surface area contributed by atoms with E-state index >= 15 is 0 Å². The molecule has 5 nitrogen and oxygen atoms in total. The molecule has 0 bridgehead atoms. The van der Waals surface area contributed by atoms with Gasteiger partial charge in [-0.05, 0) is 49.2 Å². The fourth-order valence-electron chi connectivity index (χ4n) is 2.61. The Balaban J connectivity index is 2.08. The lowest BCUT2D eigenvalue weighted by Crippen LogP contribution is -2.04. The molecule has 2 heterocycles. The number of aryl methyl sites for hydroxylation is 3. The molecule has 22 heavy (non-hydrogen) atoms. The van der Waals surface area contributed by atoms with Gasteiger partial charge in [0.1, 0.15) is 11.6 Å². The zero-order valence-electron chi connectivity index (χ0n) is 12.9. The second kappa shape index (κ2) is 5.33. The number of aromatic nitrogens is 2. The van der Waals surface area contributed by atoms with Crippen molar-refractivity contribution in [3.8, 4) is 0 Å². The Morgan fingerprint density at radius 2 is 2.00 bits per heavy atom. The molecular weight excluding hydrogens is 280 g/mol. The van der Waals surface area contributed by atoms with E-state index in [0.717, 1.165) is 23.3 Å². The van der Waals surface area contributed by atoms with Gasteiger partial charge in [0.15, 0.2) is 0 Å². The van der Waals surface area contributed by atoms with Crippen LogP contribution >= 0.6 is 0 Å². The highest BCUT2D eigenvalue weighted by Crippen LogP contribution is 2.23. The number of carboxylic acids is 1. The van der Waals surface area contributed by atoms with Crippen LogP contribution in [-0.2, 0) is 13.0 Å². The maximum Gasteiger partial charge on any atom is 0.371 e. The van der Waals surface area contributed by atoms with E-state index in [-0.39, 0.29) is 5.76 Å². The van der Waals surface area contributed by atoms with Crippen molar-refractivity contribution in [2.45, 2.75) is 33.7 Å². The van der Waals surface area contributed by atoms with Gasteiger partial charge in [0.25, 0.3) is 0 Å². The molecule has 114 valence electrons. The van der Waals surface area contributed by atoms with Crippen molar-refractivity contribution in [3.63, 3.8) is 0 Å². The molecule has 0 aliphatic heterocycles. The van der Waals surface area contributed by atoms with Crippen LogP contribution in [0.4, 0.5) is 0 Å². The fourth-order valence-corrected chi connectivity index (χ4v) is 2.61. The summed E-state index contributed by atoms with van der Waals surface area (Å²) in [6, 6.07) is 7.40. The third-order valence-corrected chi connectivity index (χ3v) is 3.95. The molecular formula is C17H18N2O3. The summed E-state index contributed by atoms with van der Waals surface area (Å²) < 4.78 is 7.46. The summed E-state index contributed by atoms with van der Waals surface area (Å²) in [6.07, 6.45) is 0.805. The summed E-state index contributed by atoms with van der Waals surface area (Å²) >= 11 is 0. The number of nitrogens with zero attached hydrogens (tertiary/aromatic N) is 2. The van der Waals surface area contributed by atoms with Gasteiger partial charge in [-0.2, -0.15) is 0 Å². The highest BCUT2D eigenvalue weighted by atomic mass is 16.4. The lowest BCUT2D eigenvalue weighted by molar-refractivity contribution is 0.0660. The third kappa shape index (κ3) is 2.39. The van der Waals surface area contributed by atoms with Crippen LogP contribution in [-0.4, -0.2) is 20.6 Å². The number of furan rings is 1. The first-order valence-electron chi connectivity index (χ1n) is 7.28. The van der Waals surface area contributed by atoms with Crippen LogP contribution in [0, 0.1) is 13.8 Å². The predicted molar refractivity (Wildman–Crippen MR) is 83.4 cm³/mol. The van der Waals surface area contributed by atoms with Gasteiger partial charge in [-0.25, -0.2) is 9.78 Å². The average Bonchev–Trinajstić information content (AvgIpc) is 3.06. The van der Waals surface area contributed by atoms with E-state index in [1.54, 1.807) is 6.07 Å². The number of rotatable bonds is 4. The molecule has 0 spiro atoms. The Hall–Kier alpha value is -2.56. The highest BCUT2D eigenvalue weighted by molar-refractivity contribution is 5.84. The Bertz CT molecular complexity index is 858. The molecule has 0 saturated heterocycles. The molecule has 0 aliphatic carbocycles. The number of hydrogen-bond donors (Lipinski definition) is 1. The van der Waals surface area contributed by atoms with E-state index in [4.69, 9.17) is 9.52 Å². The van der Waals surface area contributed by atoms with Crippen molar-refractivity contribution in [2.75, 3.05) is 0 Å². The van der Waals surface area contributed by atoms with Crippen LogP contribution in [0.15, 0.2) is 28.7 Å². The molecule has 0 aliphatic rings. The largest absolute Gasteiger partial charge is 0.475 e. The smallest absolute Gasteiger partial charge is 0.371 e. The number of aromatic carboxylic acids is 1. The summed E-state index contributed by atoms with van der Waals surface area (Å²) in [5, 5.41) is 8.95. The normalized spacial score (nSPS) is 11.2. The first-order valence-corrected chi connectivity index (χ1v) is 7.28. The molecule has 1 N–H and O–H groups in total. The van der Waals surface area contributed by atoms with Crippen LogP contribution < -0.4 is 0 Å². The van der Waals surface area contributed by atoms with Crippen LogP contribution in [0.25, 0.3) is 11.0 Å². The van der Waals surface area contributed by atoms with Crippen molar-refractivity contribution >= 4 is 17.0 Å². The van der Waals surface area contributed by atoms with Crippen LogP contribution in [0.3, 0.4) is 0 Å². The summed E-state index contributed by atoms with van der Waals surface area (Å²) in [5.41, 5.74) is 4.44.